The Morgan fingerprint density at radius 3 is 2.31 bits per heavy atom. The van der Waals surface area contributed by atoms with Gasteiger partial charge in [-0.1, -0.05) is 41.0 Å². The molecule has 0 bridgehead atoms. The van der Waals surface area contributed by atoms with Gasteiger partial charge in [0.15, 0.2) is 0 Å². The third-order valence-electron chi connectivity index (χ3n) is 2.10. The topological polar surface area (TPSA) is 9.23 Å². The van der Waals surface area contributed by atoms with Crippen LogP contribution in [0.4, 0.5) is 0 Å². The molecule has 0 saturated heterocycles. The van der Waals surface area contributed by atoms with Crippen LogP contribution in [0.25, 0.3) is 0 Å². The van der Waals surface area contributed by atoms with Crippen molar-refractivity contribution in [1.82, 2.24) is 0 Å². The van der Waals surface area contributed by atoms with E-state index in [1.807, 2.05) is 0 Å². The van der Waals surface area contributed by atoms with Crippen LogP contribution in [0.2, 0.25) is 0 Å². The molecule has 0 aromatic carbocycles. The van der Waals surface area contributed by atoms with Crippen LogP contribution in [0.3, 0.4) is 0 Å². The van der Waals surface area contributed by atoms with E-state index in [1.54, 1.807) is 0 Å². The van der Waals surface area contributed by atoms with Gasteiger partial charge in [0.25, 0.3) is 0 Å². The van der Waals surface area contributed by atoms with Crippen LogP contribution in [-0.4, -0.2) is 13.2 Å². The molecule has 0 saturated carbocycles. The van der Waals surface area contributed by atoms with Crippen molar-refractivity contribution in [3.8, 4) is 0 Å². The van der Waals surface area contributed by atoms with E-state index in [0.717, 1.165) is 19.1 Å². The summed E-state index contributed by atoms with van der Waals surface area (Å²) < 4.78 is 5.64. The van der Waals surface area contributed by atoms with Crippen LogP contribution in [0.15, 0.2) is 0 Å². The van der Waals surface area contributed by atoms with Crippen molar-refractivity contribution in [2.24, 2.45) is 11.3 Å². The van der Waals surface area contributed by atoms with E-state index in [-0.39, 0.29) is 0 Å². The summed E-state index contributed by atoms with van der Waals surface area (Å²) in [4.78, 5) is 0. The standard InChI is InChI=1S/C12H26O/c1-6-7-8-13-10-12(4,5)9-11(2)3/h11H,6-10H2,1-5H3. The summed E-state index contributed by atoms with van der Waals surface area (Å²) in [6.07, 6.45) is 3.67. The number of ether oxygens (including phenoxy) is 1. The first kappa shape index (κ1) is 13.0. The van der Waals surface area contributed by atoms with Crippen LogP contribution in [0, 0.1) is 11.3 Å². The van der Waals surface area contributed by atoms with E-state index in [1.165, 1.54) is 19.3 Å². The van der Waals surface area contributed by atoms with Gasteiger partial charge >= 0.3 is 0 Å². The molecule has 0 spiro atoms. The van der Waals surface area contributed by atoms with Crippen molar-refractivity contribution in [1.29, 1.82) is 0 Å². The number of hydrogen-bond donors (Lipinski definition) is 0. The lowest BCUT2D eigenvalue weighted by atomic mass is 9.85. The molecule has 1 nitrogen and oxygen atoms in total. The van der Waals surface area contributed by atoms with Gasteiger partial charge in [-0.3, -0.25) is 0 Å². The Balaban J connectivity index is 3.50. The molecule has 1 heteroatoms. The molecule has 13 heavy (non-hydrogen) atoms. The van der Waals surface area contributed by atoms with Gasteiger partial charge in [-0.15, -0.1) is 0 Å². The molecule has 0 atom stereocenters. The SMILES string of the molecule is CCCCOCC(C)(C)CC(C)C. The minimum atomic E-state index is 0.349. The maximum absolute atomic E-state index is 5.64. The van der Waals surface area contributed by atoms with Gasteiger partial charge in [-0.05, 0) is 24.2 Å². The second-order valence-corrected chi connectivity index (χ2v) is 5.17. The van der Waals surface area contributed by atoms with Gasteiger partial charge in [0.2, 0.25) is 0 Å². The van der Waals surface area contributed by atoms with E-state index in [4.69, 9.17) is 4.74 Å². The van der Waals surface area contributed by atoms with Crippen LogP contribution in [-0.2, 0) is 4.74 Å². The fourth-order valence-electron chi connectivity index (χ4n) is 1.76. The fraction of sp³-hybridized carbons (Fsp3) is 1.00. The average molecular weight is 186 g/mol. The zero-order valence-electron chi connectivity index (χ0n) is 10.0. The molecule has 0 unspecified atom stereocenters. The normalized spacial score (nSPS) is 12.5. The smallest absolute Gasteiger partial charge is 0.0517 e. The van der Waals surface area contributed by atoms with E-state index in [0.29, 0.717) is 5.41 Å². The summed E-state index contributed by atoms with van der Waals surface area (Å²) in [5, 5.41) is 0. The zero-order chi connectivity index (χ0) is 10.3. The van der Waals surface area contributed by atoms with Gasteiger partial charge in [0, 0.05) is 6.61 Å². The van der Waals surface area contributed by atoms with Crippen molar-refractivity contribution >= 4 is 0 Å². The monoisotopic (exact) mass is 186 g/mol. The van der Waals surface area contributed by atoms with Crippen molar-refractivity contribution in [3.63, 3.8) is 0 Å². The Kier molecular flexibility index (Phi) is 6.40. The highest BCUT2D eigenvalue weighted by atomic mass is 16.5. The highest BCUT2D eigenvalue weighted by Gasteiger charge is 2.19. The van der Waals surface area contributed by atoms with Gasteiger partial charge in [-0.25, -0.2) is 0 Å². The Morgan fingerprint density at radius 2 is 1.85 bits per heavy atom. The van der Waals surface area contributed by atoms with E-state index >= 15 is 0 Å². The number of hydrogen-bond acceptors (Lipinski definition) is 1. The summed E-state index contributed by atoms with van der Waals surface area (Å²) in [6.45, 7) is 13.2. The highest BCUT2D eigenvalue weighted by Crippen LogP contribution is 2.25. The number of rotatable bonds is 7. The molecule has 0 aromatic heterocycles. The summed E-state index contributed by atoms with van der Waals surface area (Å²) in [7, 11) is 0. The van der Waals surface area contributed by atoms with Gasteiger partial charge in [-0.2, -0.15) is 0 Å². The lowest BCUT2D eigenvalue weighted by Gasteiger charge is -2.26. The predicted octanol–water partition coefficient (Wildman–Crippen LogP) is 3.88. The van der Waals surface area contributed by atoms with Crippen LogP contribution in [0.1, 0.15) is 53.9 Å². The largest absolute Gasteiger partial charge is 0.381 e. The maximum atomic E-state index is 5.64. The molecular formula is C12H26O. The van der Waals surface area contributed by atoms with Crippen molar-refractivity contribution in [2.75, 3.05) is 13.2 Å². The summed E-state index contributed by atoms with van der Waals surface area (Å²) in [6, 6.07) is 0. The highest BCUT2D eigenvalue weighted by molar-refractivity contribution is 4.69. The first-order valence-electron chi connectivity index (χ1n) is 5.55. The molecule has 0 radical (unpaired) electrons. The molecule has 0 aliphatic rings. The predicted molar refractivity (Wildman–Crippen MR) is 59.0 cm³/mol. The molecular weight excluding hydrogens is 160 g/mol. The molecule has 0 heterocycles. The Morgan fingerprint density at radius 1 is 1.23 bits per heavy atom. The Hall–Kier alpha value is -0.0400. The quantitative estimate of drug-likeness (QED) is 0.548. The molecule has 0 rings (SSSR count). The van der Waals surface area contributed by atoms with Gasteiger partial charge < -0.3 is 4.74 Å². The van der Waals surface area contributed by atoms with E-state index in [2.05, 4.69) is 34.6 Å². The van der Waals surface area contributed by atoms with E-state index in [9.17, 15) is 0 Å². The Labute approximate surface area is 83.9 Å². The van der Waals surface area contributed by atoms with Crippen LogP contribution in [0.5, 0.6) is 0 Å². The summed E-state index contributed by atoms with van der Waals surface area (Å²) in [5.74, 6) is 0.768. The third-order valence-corrected chi connectivity index (χ3v) is 2.10. The lowest BCUT2D eigenvalue weighted by molar-refractivity contribution is 0.0498. The van der Waals surface area contributed by atoms with Crippen molar-refractivity contribution in [3.05, 3.63) is 0 Å². The first-order valence-corrected chi connectivity index (χ1v) is 5.55. The molecule has 0 aromatic rings. The second kappa shape index (κ2) is 6.42. The molecule has 0 fully saturated rings. The number of unbranched alkanes of at least 4 members (excludes halogenated alkanes) is 1. The molecule has 0 aliphatic heterocycles. The maximum Gasteiger partial charge on any atom is 0.0517 e. The zero-order valence-corrected chi connectivity index (χ0v) is 10.0. The first-order chi connectivity index (χ1) is 5.98. The van der Waals surface area contributed by atoms with E-state index < -0.39 is 0 Å². The minimum absolute atomic E-state index is 0.349. The molecule has 0 N–H and O–H groups in total. The molecule has 0 aliphatic carbocycles. The van der Waals surface area contributed by atoms with Crippen molar-refractivity contribution in [2.45, 2.75) is 53.9 Å². The third kappa shape index (κ3) is 8.29. The van der Waals surface area contributed by atoms with Crippen LogP contribution < -0.4 is 0 Å². The fourth-order valence-corrected chi connectivity index (χ4v) is 1.76. The van der Waals surface area contributed by atoms with Crippen LogP contribution >= 0.6 is 0 Å². The molecule has 80 valence electrons. The average Bonchev–Trinajstić information content (AvgIpc) is 1.95. The van der Waals surface area contributed by atoms with Gasteiger partial charge in [0.1, 0.15) is 0 Å². The van der Waals surface area contributed by atoms with Crippen molar-refractivity contribution < 1.29 is 4.74 Å². The lowest BCUT2D eigenvalue weighted by Crippen LogP contribution is -2.21. The minimum Gasteiger partial charge on any atom is -0.381 e. The second-order valence-electron chi connectivity index (χ2n) is 5.17. The Bertz CT molecular complexity index is 116. The summed E-state index contributed by atoms with van der Waals surface area (Å²) >= 11 is 0. The molecule has 0 amide bonds. The summed E-state index contributed by atoms with van der Waals surface area (Å²) in [5.41, 5.74) is 0.349. The van der Waals surface area contributed by atoms with Gasteiger partial charge in [0.05, 0.1) is 6.61 Å².